The minimum absolute atomic E-state index is 0.0845. The maximum Gasteiger partial charge on any atom is 0.244 e. The normalized spacial score (nSPS) is 17.7. The predicted molar refractivity (Wildman–Crippen MR) is 76.1 cm³/mol. The molecule has 0 aromatic rings. The van der Waals surface area contributed by atoms with E-state index in [1.165, 1.54) is 11.8 Å². The van der Waals surface area contributed by atoms with Crippen LogP contribution in [0.2, 0.25) is 0 Å². The van der Waals surface area contributed by atoms with Crippen LogP contribution in [0, 0.1) is 0 Å². The number of nitrogens with one attached hydrogen (secondary N) is 1. The van der Waals surface area contributed by atoms with Crippen molar-refractivity contribution in [1.82, 2.24) is 10.2 Å². The summed E-state index contributed by atoms with van der Waals surface area (Å²) in [5.74, 6) is -1.78. The molecule has 8 nitrogen and oxygen atoms in total. The molecule has 2 atom stereocenters. The molecule has 0 spiro atoms. The first kappa shape index (κ1) is 17.4. The third-order valence-corrected chi connectivity index (χ3v) is 3.79. The van der Waals surface area contributed by atoms with Crippen LogP contribution in [0.5, 0.6) is 0 Å². The van der Waals surface area contributed by atoms with Crippen molar-refractivity contribution in [3.05, 3.63) is 0 Å². The van der Waals surface area contributed by atoms with E-state index < -0.39 is 42.3 Å². The van der Waals surface area contributed by atoms with E-state index in [9.17, 15) is 19.2 Å². The van der Waals surface area contributed by atoms with Crippen molar-refractivity contribution in [2.24, 2.45) is 5.73 Å². The number of hydrogen-bond acceptors (Lipinski definition) is 6. The van der Waals surface area contributed by atoms with Gasteiger partial charge in [0.2, 0.25) is 23.6 Å². The molecule has 0 bridgehead atoms. The molecule has 9 heteroatoms. The first-order valence-corrected chi connectivity index (χ1v) is 7.86. The third-order valence-electron chi connectivity index (χ3n) is 3.14. The van der Waals surface area contributed by atoms with Crippen LogP contribution in [0.1, 0.15) is 19.3 Å². The molecular weight excluding hydrogens is 298 g/mol. The van der Waals surface area contributed by atoms with Gasteiger partial charge in [0.25, 0.3) is 0 Å². The van der Waals surface area contributed by atoms with Crippen molar-refractivity contribution >= 4 is 35.4 Å². The summed E-state index contributed by atoms with van der Waals surface area (Å²) in [5.41, 5.74) is 5.04. The van der Waals surface area contributed by atoms with Crippen molar-refractivity contribution in [3.63, 3.8) is 0 Å². The number of aliphatic hydroxyl groups excluding tert-OH is 1. The number of carbonyl (C=O) groups is 4. The highest BCUT2D eigenvalue weighted by Gasteiger charge is 2.39. The van der Waals surface area contributed by atoms with Gasteiger partial charge in [-0.15, -0.1) is 0 Å². The van der Waals surface area contributed by atoms with Crippen LogP contribution in [-0.2, 0) is 19.2 Å². The molecule has 0 aliphatic carbocycles. The van der Waals surface area contributed by atoms with Gasteiger partial charge in [0, 0.05) is 12.8 Å². The first-order chi connectivity index (χ1) is 9.92. The van der Waals surface area contributed by atoms with E-state index in [1.54, 1.807) is 0 Å². The summed E-state index contributed by atoms with van der Waals surface area (Å²) in [6.07, 6.45) is 2.28. The van der Waals surface area contributed by atoms with Crippen LogP contribution in [0.15, 0.2) is 0 Å². The Kier molecular flexibility index (Phi) is 6.63. The Balaban J connectivity index is 2.86. The lowest BCUT2D eigenvalue weighted by Gasteiger charge is -2.26. The number of thioether (sulfide) groups is 1. The number of rotatable bonds is 8. The fourth-order valence-electron chi connectivity index (χ4n) is 2.02. The Bertz CT molecular complexity index is 427. The van der Waals surface area contributed by atoms with E-state index in [-0.39, 0.29) is 19.3 Å². The predicted octanol–water partition coefficient (Wildman–Crippen LogP) is -1.78. The number of hydrogen-bond donors (Lipinski definition) is 3. The van der Waals surface area contributed by atoms with Gasteiger partial charge in [-0.1, -0.05) is 0 Å². The Morgan fingerprint density at radius 3 is 2.38 bits per heavy atom. The summed E-state index contributed by atoms with van der Waals surface area (Å²) < 4.78 is 0. The number of nitrogens with zero attached hydrogens (tertiary/aromatic N) is 1. The van der Waals surface area contributed by atoms with Crippen molar-refractivity contribution in [2.75, 3.05) is 18.6 Å². The standard InChI is InChI=1S/C12H19N3O5S/c1-21-5-4-8(15-9(17)2-3-10(15)18)12(20)14-7(6-16)11(13)19/h7-8,16H,2-6H2,1H3,(H2,13,19)(H,14,20)/t7-,8-/m0/s1. The molecule has 118 valence electrons. The molecule has 1 aliphatic heterocycles. The van der Waals surface area contributed by atoms with Crippen LogP contribution >= 0.6 is 11.8 Å². The molecule has 1 aliphatic rings. The molecule has 0 aromatic carbocycles. The molecule has 1 rings (SSSR count). The molecule has 0 saturated carbocycles. The molecular formula is C12H19N3O5S. The highest BCUT2D eigenvalue weighted by Crippen LogP contribution is 2.19. The molecule has 0 radical (unpaired) electrons. The lowest BCUT2D eigenvalue weighted by molar-refractivity contribution is -0.147. The van der Waals surface area contributed by atoms with E-state index >= 15 is 0 Å². The van der Waals surface area contributed by atoms with E-state index in [2.05, 4.69) is 5.32 Å². The summed E-state index contributed by atoms with van der Waals surface area (Å²) >= 11 is 1.47. The van der Waals surface area contributed by atoms with Crippen LogP contribution in [0.25, 0.3) is 0 Å². The number of aliphatic hydroxyl groups is 1. The van der Waals surface area contributed by atoms with E-state index in [4.69, 9.17) is 10.8 Å². The Hall–Kier alpha value is -1.61. The monoisotopic (exact) mass is 317 g/mol. The zero-order valence-corrected chi connectivity index (χ0v) is 12.5. The third kappa shape index (κ3) is 4.43. The zero-order valence-electron chi connectivity index (χ0n) is 11.7. The van der Waals surface area contributed by atoms with Gasteiger partial charge in [0.05, 0.1) is 6.61 Å². The molecule has 0 aromatic heterocycles. The quantitative estimate of drug-likeness (QED) is 0.454. The van der Waals surface area contributed by atoms with E-state index in [1.807, 2.05) is 6.26 Å². The number of nitrogens with two attached hydrogens (primary N) is 1. The summed E-state index contributed by atoms with van der Waals surface area (Å²) in [6.45, 7) is -0.641. The second-order valence-electron chi connectivity index (χ2n) is 4.60. The SMILES string of the molecule is CSCC[C@@H](C(=O)N[C@@H](CO)C(N)=O)N1C(=O)CCC1=O. The molecule has 21 heavy (non-hydrogen) atoms. The molecule has 1 heterocycles. The van der Waals surface area contributed by atoms with Gasteiger partial charge < -0.3 is 16.2 Å². The maximum absolute atomic E-state index is 12.2. The van der Waals surface area contributed by atoms with Crippen molar-refractivity contribution in [3.8, 4) is 0 Å². The van der Waals surface area contributed by atoms with Gasteiger partial charge in [0.15, 0.2) is 0 Å². The highest BCUT2D eigenvalue weighted by atomic mass is 32.2. The van der Waals surface area contributed by atoms with Gasteiger partial charge >= 0.3 is 0 Å². The topological polar surface area (TPSA) is 130 Å². The largest absolute Gasteiger partial charge is 0.394 e. The number of amides is 4. The van der Waals surface area contributed by atoms with Crippen LogP contribution < -0.4 is 11.1 Å². The fourth-order valence-corrected chi connectivity index (χ4v) is 2.48. The van der Waals surface area contributed by atoms with E-state index in [0.29, 0.717) is 5.75 Å². The maximum atomic E-state index is 12.2. The Morgan fingerprint density at radius 1 is 1.38 bits per heavy atom. The summed E-state index contributed by atoms with van der Waals surface area (Å²) in [5, 5.41) is 11.3. The average molecular weight is 317 g/mol. The van der Waals surface area contributed by atoms with E-state index in [0.717, 1.165) is 4.90 Å². The van der Waals surface area contributed by atoms with Gasteiger partial charge in [-0.25, -0.2) is 0 Å². The summed E-state index contributed by atoms with van der Waals surface area (Å²) in [4.78, 5) is 47.7. The molecule has 4 N–H and O–H groups in total. The van der Waals surface area contributed by atoms with Crippen LogP contribution in [0.4, 0.5) is 0 Å². The molecule has 0 unspecified atom stereocenters. The second-order valence-corrected chi connectivity index (χ2v) is 5.59. The van der Waals surface area contributed by atoms with Gasteiger partial charge in [-0.05, 0) is 18.4 Å². The second kappa shape index (κ2) is 7.99. The highest BCUT2D eigenvalue weighted by molar-refractivity contribution is 7.98. The summed E-state index contributed by atoms with van der Waals surface area (Å²) in [6, 6.07) is -2.21. The fraction of sp³-hybridized carbons (Fsp3) is 0.667. The first-order valence-electron chi connectivity index (χ1n) is 6.46. The number of primary amides is 1. The summed E-state index contributed by atoms with van der Waals surface area (Å²) in [7, 11) is 0. The number of likely N-dealkylation sites (tertiary alicyclic amines) is 1. The van der Waals surface area contributed by atoms with Gasteiger partial charge in [-0.3, -0.25) is 24.1 Å². The zero-order chi connectivity index (χ0) is 16.0. The van der Waals surface area contributed by atoms with Crippen molar-refractivity contribution in [2.45, 2.75) is 31.3 Å². The smallest absolute Gasteiger partial charge is 0.244 e. The van der Waals surface area contributed by atoms with Crippen molar-refractivity contribution in [1.29, 1.82) is 0 Å². The van der Waals surface area contributed by atoms with Gasteiger partial charge in [-0.2, -0.15) is 11.8 Å². The van der Waals surface area contributed by atoms with Gasteiger partial charge in [0.1, 0.15) is 12.1 Å². The Labute approximate surface area is 126 Å². The average Bonchev–Trinajstić information content (AvgIpc) is 2.76. The molecule has 4 amide bonds. The van der Waals surface area contributed by atoms with Crippen LogP contribution in [0.3, 0.4) is 0 Å². The number of imide groups is 1. The van der Waals surface area contributed by atoms with Crippen LogP contribution in [-0.4, -0.2) is 64.3 Å². The minimum Gasteiger partial charge on any atom is -0.394 e. The number of carbonyl (C=O) groups excluding carboxylic acids is 4. The lowest BCUT2D eigenvalue weighted by atomic mass is 10.1. The lowest BCUT2D eigenvalue weighted by Crippen LogP contribution is -2.55. The molecule has 1 fully saturated rings. The molecule has 1 saturated heterocycles. The minimum atomic E-state index is -1.23. The Morgan fingerprint density at radius 2 is 1.95 bits per heavy atom. The van der Waals surface area contributed by atoms with Crippen molar-refractivity contribution < 1.29 is 24.3 Å².